The molecule has 0 amide bonds. The van der Waals surface area contributed by atoms with Crippen LogP contribution in [0.5, 0.6) is 0 Å². The van der Waals surface area contributed by atoms with Gasteiger partial charge in [-0.1, -0.05) is 30.3 Å². The third-order valence-corrected chi connectivity index (χ3v) is 1.67. The van der Waals surface area contributed by atoms with E-state index in [1.807, 2.05) is 30.3 Å². The van der Waals surface area contributed by atoms with Gasteiger partial charge in [0.25, 0.3) is 0 Å². The SMILES string of the molecule is CC(C(=O)O)c1ccccc1.S.S. The molecule has 1 atom stereocenters. The molecule has 0 fully saturated rings. The third-order valence-electron chi connectivity index (χ3n) is 1.67. The first kappa shape index (κ1) is 14.9. The molecule has 0 aliphatic carbocycles. The normalized spacial score (nSPS) is 10.5. The van der Waals surface area contributed by atoms with Gasteiger partial charge in [0.1, 0.15) is 0 Å². The molecule has 1 aromatic carbocycles. The molecule has 74 valence electrons. The molecule has 1 unspecified atom stereocenters. The van der Waals surface area contributed by atoms with Crippen molar-refractivity contribution in [2.75, 3.05) is 0 Å². The van der Waals surface area contributed by atoms with E-state index in [2.05, 4.69) is 0 Å². The van der Waals surface area contributed by atoms with Gasteiger partial charge in [0, 0.05) is 0 Å². The molecule has 1 rings (SSSR count). The van der Waals surface area contributed by atoms with Crippen molar-refractivity contribution < 1.29 is 9.90 Å². The monoisotopic (exact) mass is 218 g/mol. The zero-order valence-electron chi connectivity index (χ0n) is 7.32. The van der Waals surface area contributed by atoms with E-state index in [9.17, 15) is 4.79 Å². The van der Waals surface area contributed by atoms with Gasteiger partial charge in [0.05, 0.1) is 5.92 Å². The molecule has 0 saturated heterocycles. The van der Waals surface area contributed by atoms with Crippen molar-refractivity contribution in [3.8, 4) is 0 Å². The van der Waals surface area contributed by atoms with Crippen LogP contribution in [0.25, 0.3) is 0 Å². The molecular formula is C9H14O2S2. The summed E-state index contributed by atoms with van der Waals surface area (Å²) in [4.78, 5) is 10.5. The van der Waals surface area contributed by atoms with E-state index in [0.29, 0.717) is 0 Å². The quantitative estimate of drug-likeness (QED) is 0.825. The second-order valence-corrected chi connectivity index (χ2v) is 2.47. The van der Waals surface area contributed by atoms with Crippen LogP contribution in [0, 0.1) is 0 Å². The van der Waals surface area contributed by atoms with Crippen LogP contribution in [0.15, 0.2) is 30.3 Å². The number of carboxylic acid groups (broad SMARTS) is 1. The summed E-state index contributed by atoms with van der Waals surface area (Å²) in [7, 11) is 0. The molecule has 4 heteroatoms. The Bertz CT molecular complexity index is 249. The van der Waals surface area contributed by atoms with Crippen molar-refractivity contribution in [1.82, 2.24) is 0 Å². The molecule has 1 N–H and O–H groups in total. The van der Waals surface area contributed by atoms with E-state index < -0.39 is 11.9 Å². The molecule has 0 saturated carbocycles. The number of hydrogen-bond donors (Lipinski definition) is 1. The molecule has 0 heterocycles. The maximum atomic E-state index is 10.5. The largest absolute Gasteiger partial charge is 0.481 e. The van der Waals surface area contributed by atoms with Crippen LogP contribution in [0.4, 0.5) is 0 Å². The lowest BCUT2D eigenvalue weighted by Gasteiger charge is -2.04. The van der Waals surface area contributed by atoms with E-state index >= 15 is 0 Å². The first-order chi connectivity index (χ1) is 5.22. The Morgan fingerprint density at radius 3 is 2.08 bits per heavy atom. The summed E-state index contributed by atoms with van der Waals surface area (Å²) in [6, 6.07) is 9.19. The van der Waals surface area contributed by atoms with Crippen LogP contribution >= 0.6 is 27.0 Å². The van der Waals surface area contributed by atoms with Crippen LogP contribution in [0.2, 0.25) is 0 Å². The van der Waals surface area contributed by atoms with Crippen molar-refractivity contribution in [3.05, 3.63) is 35.9 Å². The molecule has 1 aromatic rings. The highest BCUT2D eigenvalue weighted by Gasteiger charge is 2.11. The van der Waals surface area contributed by atoms with Gasteiger partial charge in [0.2, 0.25) is 0 Å². The summed E-state index contributed by atoms with van der Waals surface area (Å²) in [6.45, 7) is 1.68. The predicted octanol–water partition coefficient (Wildman–Crippen LogP) is 2.10. The minimum Gasteiger partial charge on any atom is -0.481 e. The highest BCUT2D eigenvalue weighted by Crippen LogP contribution is 2.13. The number of carbonyl (C=O) groups is 1. The lowest BCUT2D eigenvalue weighted by atomic mass is 10.0. The summed E-state index contributed by atoms with van der Waals surface area (Å²) >= 11 is 0. The average Bonchev–Trinajstić information content (AvgIpc) is 2.05. The zero-order valence-corrected chi connectivity index (χ0v) is 9.32. The second-order valence-electron chi connectivity index (χ2n) is 2.47. The maximum absolute atomic E-state index is 10.5. The molecule has 0 bridgehead atoms. The fourth-order valence-corrected chi connectivity index (χ4v) is 0.884. The van der Waals surface area contributed by atoms with Gasteiger partial charge in [-0.2, -0.15) is 27.0 Å². The molecule has 0 aliphatic heterocycles. The van der Waals surface area contributed by atoms with Gasteiger partial charge >= 0.3 is 5.97 Å². The van der Waals surface area contributed by atoms with Gasteiger partial charge in [-0.05, 0) is 12.5 Å². The smallest absolute Gasteiger partial charge is 0.310 e. The Kier molecular flexibility index (Phi) is 7.85. The summed E-state index contributed by atoms with van der Waals surface area (Å²) in [6.07, 6.45) is 0. The summed E-state index contributed by atoms with van der Waals surface area (Å²) < 4.78 is 0. The minimum absolute atomic E-state index is 0. The Balaban J connectivity index is 0. The maximum Gasteiger partial charge on any atom is 0.310 e. The van der Waals surface area contributed by atoms with Crippen molar-refractivity contribution >= 4 is 33.0 Å². The van der Waals surface area contributed by atoms with Crippen LogP contribution in [0.1, 0.15) is 18.4 Å². The van der Waals surface area contributed by atoms with Crippen molar-refractivity contribution in [2.24, 2.45) is 0 Å². The molecular weight excluding hydrogens is 204 g/mol. The Labute approximate surface area is 91.9 Å². The minimum atomic E-state index is -0.781. The van der Waals surface area contributed by atoms with E-state index in [1.165, 1.54) is 0 Å². The van der Waals surface area contributed by atoms with Gasteiger partial charge in [-0.15, -0.1) is 0 Å². The number of aliphatic carboxylic acids is 1. The molecule has 0 radical (unpaired) electrons. The fraction of sp³-hybridized carbons (Fsp3) is 0.222. The first-order valence-corrected chi connectivity index (χ1v) is 3.49. The summed E-state index contributed by atoms with van der Waals surface area (Å²) in [5.74, 6) is -1.19. The molecule has 13 heavy (non-hydrogen) atoms. The second kappa shape index (κ2) is 6.86. The predicted molar refractivity (Wildman–Crippen MR) is 63.3 cm³/mol. The number of hydrogen-bond acceptors (Lipinski definition) is 1. The van der Waals surface area contributed by atoms with Crippen LogP contribution in [-0.2, 0) is 4.79 Å². The van der Waals surface area contributed by atoms with Crippen molar-refractivity contribution in [1.29, 1.82) is 0 Å². The molecule has 0 spiro atoms. The van der Waals surface area contributed by atoms with Crippen LogP contribution in [-0.4, -0.2) is 11.1 Å². The van der Waals surface area contributed by atoms with Gasteiger partial charge in [0.15, 0.2) is 0 Å². The number of carboxylic acids is 1. The van der Waals surface area contributed by atoms with Crippen LogP contribution < -0.4 is 0 Å². The van der Waals surface area contributed by atoms with Gasteiger partial charge in [-0.3, -0.25) is 4.79 Å². The molecule has 0 aromatic heterocycles. The van der Waals surface area contributed by atoms with Crippen molar-refractivity contribution in [3.63, 3.8) is 0 Å². The lowest BCUT2D eigenvalue weighted by molar-refractivity contribution is -0.138. The Morgan fingerprint density at radius 2 is 1.69 bits per heavy atom. The zero-order chi connectivity index (χ0) is 8.27. The topological polar surface area (TPSA) is 37.3 Å². The fourth-order valence-electron chi connectivity index (χ4n) is 0.884. The average molecular weight is 218 g/mol. The lowest BCUT2D eigenvalue weighted by Crippen LogP contribution is -2.06. The van der Waals surface area contributed by atoms with E-state index in [1.54, 1.807) is 6.92 Å². The molecule has 2 nitrogen and oxygen atoms in total. The van der Waals surface area contributed by atoms with Crippen molar-refractivity contribution in [2.45, 2.75) is 12.8 Å². The van der Waals surface area contributed by atoms with E-state index in [0.717, 1.165) is 5.56 Å². The van der Waals surface area contributed by atoms with Gasteiger partial charge < -0.3 is 5.11 Å². The highest BCUT2D eigenvalue weighted by molar-refractivity contribution is 7.59. The summed E-state index contributed by atoms with van der Waals surface area (Å²) in [5, 5.41) is 8.64. The Morgan fingerprint density at radius 1 is 1.23 bits per heavy atom. The van der Waals surface area contributed by atoms with E-state index in [4.69, 9.17) is 5.11 Å². The van der Waals surface area contributed by atoms with E-state index in [-0.39, 0.29) is 27.0 Å². The first-order valence-electron chi connectivity index (χ1n) is 3.49. The van der Waals surface area contributed by atoms with Gasteiger partial charge in [-0.25, -0.2) is 0 Å². The summed E-state index contributed by atoms with van der Waals surface area (Å²) in [5.41, 5.74) is 0.847. The third kappa shape index (κ3) is 4.24. The number of rotatable bonds is 2. The number of benzene rings is 1. The highest BCUT2D eigenvalue weighted by atomic mass is 32.1. The van der Waals surface area contributed by atoms with Crippen LogP contribution in [0.3, 0.4) is 0 Å². The standard InChI is InChI=1S/C9H10O2.2H2S/c1-7(9(10)11)8-5-3-2-4-6-8;;/h2-7H,1H3,(H,10,11);2*1H2. The molecule has 0 aliphatic rings. The Hall–Kier alpha value is -0.610.